The number of ether oxygens (including phenoxy) is 1. The molecule has 0 spiro atoms. The summed E-state index contributed by atoms with van der Waals surface area (Å²) in [5, 5.41) is 4.83. The van der Waals surface area contributed by atoms with Crippen LogP contribution in [-0.4, -0.2) is 29.2 Å². The minimum atomic E-state index is -4.54. The van der Waals surface area contributed by atoms with E-state index in [9.17, 15) is 22.8 Å². The number of fused-ring (bicyclic) bond motifs is 1. The van der Waals surface area contributed by atoms with Crippen molar-refractivity contribution in [2.75, 3.05) is 16.9 Å². The number of nitrogens with zero attached hydrogens (tertiary/aromatic N) is 2. The fourth-order valence-corrected chi connectivity index (χ4v) is 5.71. The highest BCUT2D eigenvalue weighted by Crippen LogP contribution is 2.32. The maximum Gasteiger partial charge on any atom is 0.416 e. The summed E-state index contributed by atoms with van der Waals surface area (Å²) in [5.74, 6) is -0.142. The zero-order valence-electron chi connectivity index (χ0n) is 24.2. The number of nitrogens with one attached hydrogen (secondary N) is 2. The second kappa shape index (κ2) is 12.9. The zero-order valence-corrected chi connectivity index (χ0v) is 24.2. The van der Waals surface area contributed by atoms with Crippen molar-refractivity contribution in [2.24, 2.45) is 5.92 Å². The van der Waals surface area contributed by atoms with Crippen molar-refractivity contribution in [1.82, 2.24) is 9.99 Å². The van der Waals surface area contributed by atoms with Crippen LogP contribution in [0.5, 0.6) is 0 Å². The van der Waals surface area contributed by atoms with Gasteiger partial charge in [-0.3, -0.25) is 0 Å². The molecule has 2 amide bonds. The van der Waals surface area contributed by atoms with Crippen LogP contribution in [-0.2, 0) is 10.9 Å². The average molecular weight is 593 g/mol. The second-order valence-corrected chi connectivity index (χ2v) is 10.8. The van der Waals surface area contributed by atoms with Gasteiger partial charge in [-0.25, -0.2) is 20.0 Å². The molecular formula is C33H35F3N4O3. The average Bonchev–Trinajstić information content (AvgIpc) is 3.40. The molecule has 0 aliphatic heterocycles. The third-order valence-electron chi connectivity index (χ3n) is 7.88. The number of carbonyl (C=O) groups is 2. The highest BCUT2D eigenvalue weighted by molar-refractivity contribution is 6.01. The lowest BCUT2D eigenvalue weighted by Crippen LogP contribution is -2.52. The van der Waals surface area contributed by atoms with Gasteiger partial charge in [-0.05, 0) is 81.1 Å². The van der Waals surface area contributed by atoms with Gasteiger partial charge in [0.2, 0.25) is 0 Å². The van der Waals surface area contributed by atoms with Crippen molar-refractivity contribution in [1.29, 1.82) is 0 Å². The van der Waals surface area contributed by atoms with E-state index in [2.05, 4.69) is 10.7 Å². The van der Waals surface area contributed by atoms with Crippen LogP contribution in [0.15, 0.2) is 78.9 Å². The third-order valence-corrected chi connectivity index (χ3v) is 7.88. The molecule has 1 saturated carbocycles. The molecule has 10 heteroatoms. The molecule has 1 fully saturated rings. The van der Waals surface area contributed by atoms with E-state index in [0.29, 0.717) is 23.0 Å². The van der Waals surface area contributed by atoms with E-state index in [4.69, 9.17) is 4.74 Å². The van der Waals surface area contributed by atoms with Gasteiger partial charge in [0.05, 0.1) is 23.4 Å². The fraction of sp³-hybridized carbons (Fsp3) is 0.333. The van der Waals surface area contributed by atoms with E-state index in [0.717, 1.165) is 48.7 Å². The molecule has 2 N–H and O–H groups in total. The number of para-hydroxylation sites is 1. The molecule has 1 heterocycles. The Labute approximate surface area is 248 Å². The van der Waals surface area contributed by atoms with Gasteiger partial charge in [-0.2, -0.15) is 13.2 Å². The molecule has 0 bridgehead atoms. The number of esters is 1. The molecular weight excluding hydrogens is 557 g/mol. The molecule has 43 heavy (non-hydrogen) atoms. The highest BCUT2D eigenvalue weighted by atomic mass is 19.4. The molecule has 1 aromatic heterocycles. The van der Waals surface area contributed by atoms with Crippen LogP contribution >= 0.6 is 0 Å². The lowest BCUT2D eigenvalue weighted by molar-refractivity contribution is -0.137. The number of hydrazine groups is 1. The predicted molar refractivity (Wildman–Crippen MR) is 161 cm³/mol. The first kappa shape index (κ1) is 30.2. The number of rotatable bonds is 8. The van der Waals surface area contributed by atoms with E-state index in [1.54, 1.807) is 35.8 Å². The van der Waals surface area contributed by atoms with Gasteiger partial charge < -0.3 is 14.6 Å². The normalized spacial score (nSPS) is 14.8. The first-order chi connectivity index (χ1) is 20.7. The molecule has 1 atom stereocenters. The van der Waals surface area contributed by atoms with Gasteiger partial charge in [0.25, 0.3) is 0 Å². The molecule has 0 radical (unpaired) electrons. The van der Waals surface area contributed by atoms with E-state index in [1.807, 2.05) is 37.3 Å². The number of carbonyl (C=O) groups excluding carboxylic acids is 2. The number of anilines is 2. The SMILES string of the molecule is CCOC(=O)c1cc2ccccc2n1-c1cccc(N(NC(C)C2CCCCC2)C(=O)Nc2cccc(C(F)(F)F)c2)c1. The van der Waals surface area contributed by atoms with Crippen LogP contribution in [0, 0.1) is 5.92 Å². The lowest BCUT2D eigenvalue weighted by atomic mass is 9.85. The van der Waals surface area contributed by atoms with Gasteiger partial charge in [0, 0.05) is 22.8 Å². The summed E-state index contributed by atoms with van der Waals surface area (Å²) in [6.07, 6.45) is 0.905. The molecule has 1 aliphatic rings. The van der Waals surface area contributed by atoms with Crippen molar-refractivity contribution in [3.05, 3.63) is 90.1 Å². The van der Waals surface area contributed by atoms with E-state index in [-0.39, 0.29) is 18.3 Å². The topological polar surface area (TPSA) is 75.6 Å². The van der Waals surface area contributed by atoms with Crippen LogP contribution in [0.25, 0.3) is 16.6 Å². The molecule has 0 saturated heterocycles. The highest BCUT2D eigenvalue weighted by Gasteiger charge is 2.31. The van der Waals surface area contributed by atoms with Crippen LogP contribution in [0.3, 0.4) is 0 Å². The van der Waals surface area contributed by atoms with Gasteiger partial charge in [-0.15, -0.1) is 0 Å². The number of alkyl halides is 3. The van der Waals surface area contributed by atoms with Crippen LogP contribution < -0.4 is 15.8 Å². The van der Waals surface area contributed by atoms with Crippen molar-refractivity contribution < 1.29 is 27.5 Å². The minimum absolute atomic E-state index is 0.0223. The second-order valence-electron chi connectivity index (χ2n) is 10.8. The van der Waals surface area contributed by atoms with Crippen molar-refractivity contribution in [3.8, 4) is 5.69 Å². The Hall–Kier alpha value is -4.31. The van der Waals surface area contributed by atoms with Gasteiger partial charge in [0.1, 0.15) is 5.69 Å². The largest absolute Gasteiger partial charge is 0.461 e. The van der Waals surface area contributed by atoms with E-state index >= 15 is 0 Å². The number of amides is 2. The standard InChI is InChI=1S/C33H35F3N4O3/c1-3-43-31(41)30-19-24-13-7-8-18-29(24)39(30)27-16-10-17-28(21-27)40(38-22(2)23-11-5-4-6-12-23)32(42)37-26-15-9-14-25(20-26)33(34,35)36/h7-10,13-23,38H,3-6,11-12H2,1-2H3,(H,37,42). The van der Waals surface area contributed by atoms with Crippen LogP contribution in [0.2, 0.25) is 0 Å². The summed E-state index contributed by atoms with van der Waals surface area (Å²) in [4.78, 5) is 26.7. The quantitative estimate of drug-likeness (QED) is 0.159. The summed E-state index contributed by atoms with van der Waals surface area (Å²) in [6.45, 7) is 3.97. The minimum Gasteiger partial charge on any atom is -0.461 e. The van der Waals surface area contributed by atoms with Crippen molar-refractivity contribution >= 4 is 34.3 Å². The molecule has 3 aromatic carbocycles. The van der Waals surface area contributed by atoms with Crippen molar-refractivity contribution in [3.63, 3.8) is 0 Å². The Morgan fingerprint density at radius 3 is 2.47 bits per heavy atom. The monoisotopic (exact) mass is 592 g/mol. The number of aromatic nitrogens is 1. The number of hydrogen-bond acceptors (Lipinski definition) is 4. The Morgan fingerprint density at radius 2 is 1.72 bits per heavy atom. The maximum atomic E-state index is 13.8. The Morgan fingerprint density at radius 1 is 0.977 bits per heavy atom. The van der Waals surface area contributed by atoms with Crippen molar-refractivity contribution in [2.45, 2.75) is 58.2 Å². The van der Waals surface area contributed by atoms with Gasteiger partial charge in [-0.1, -0.05) is 49.6 Å². The van der Waals surface area contributed by atoms with E-state index < -0.39 is 23.7 Å². The number of halogens is 3. The third kappa shape index (κ3) is 6.85. The predicted octanol–water partition coefficient (Wildman–Crippen LogP) is 8.34. The maximum absolute atomic E-state index is 13.8. The molecule has 226 valence electrons. The number of hydrogen-bond donors (Lipinski definition) is 2. The summed E-state index contributed by atoms with van der Waals surface area (Å²) >= 11 is 0. The Balaban J connectivity index is 1.53. The molecule has 4 aromatic rings. The Kier molecular flexibility index (Phi) is 9.05. The molecule has 7 nitrogen and oxygen atoms in total. The summed E-state index contributed by atoms with van der Waals surface area (Å²) < 4.78 is 47.2. The molecule has 1 aliphatic carbocycles. The summed E-state index contributed by atoms with van der Waals surface area (Å²) in [6, 6.07) is 20.3. The zero-order chi connectivity index (χ0) is 30.6. The molecule has 1 unspecified atom stereocenters. The van der Waals surface area contributed by atoms with Crippen LogP contribution in [0.1, 0.15) is 62.0 Å². The number of urea groups is 1. The Bertz CT molecular complexity index is 1590. The fourth-order valence-electron chi connectivity index (χ4n) is 5.71. The first-order valence-electron chi connectivity index (χ1n) is 14.6. The summed E-state index contributed by atoms with van der Waals surface area (Å²) in [7, 11) is 0. The van der Waals surface area contributed by atoms with Gasteiger partial charge >= 0.3 is 18.2 Å². The smallest absolute Gasteiger partial charge is 0.416 e. The lowest BCUT2D eigenvalue weighted by Gasteiger charge is -2.33. The van der Waals surface area contributed by atoms with Crippen LogP contribution in [0.4, 0.5) is 29.3 Å². The van der Waals surface area contributed by atoms with E-state index in [1.165, 1.54) is 23.6 Å². The summed E-state index contributed by atoms with van der Waals surface area (Å²) in [5.41, 5.74) is 4.69. The first-order valence-corrected chi connectivity index (χ1v) is 14.6. The van der Waals surface area contributed by atoms with Gasteiger partial charge in [0.15, 0.2) is 0 Å². The molecule has 5 rings (SSSR count). The number of benzene rings is 3.